The Morgan fingerprint density at radius 3 is 2.56 bits per heavy atom. The number of benzene rings is 1. The van der Waals surface area contributed by atoms with Crippen LogP contribution in [0.25, 0.3) is 0 Å². The molecule has 0 spiro atoms. The Morgan fingerprint density at radius 1 is 1.25 bits per heavy atom. The second-order valence-corrected chi connectivity index (χ2v) is 7.39. The first kappa shape index (κ1) is 25.2. The SMILES string of the molecule is C=O.CN(C1=CC=CC(C(F)(F)F)C=C1)C1CCN(C(=O)COc2ccc(CO)cc2)C1. The molecule has 1 amide bonds. The number of halogens is 3. The van der Waals surface area contributed by atoms with Crippen LogP contribution in [0.3, 0.4) is 0 Å². The highest BCUT2D eigenvalue weighted by atomic mass is 19.4. The summed E-state index contributed by atoms with van der Waals surface area (Å²) < 4.78 is 44.3. The fourth-order valence-corrected chi connectivity index (χ4v) is 3.47. The minimum atomic E-state index is -4.30. The number of alkyl halides is 3. The van der Waals surface area contributed by atoms with Crippen molar-refractivity contribution in [2.45, 2.75) is 25.2 Å². The summed E-state index contributed by atoms with van der Waals surface area (Å²) in [5.41, 5.74) is 1.44. The lowest BCUT2D eigenvalue weighted by Crippen LogP contribution is -2.37. The fourth-order valence-electron chi connectivity index (χ4n) is 3.47. The second-order valence-electron chi connectivity index (χ2n) is 7.39. The molecule has 1 aliphatic heterocycles. The van der Waals surface area contributed by atoms with E-state index >= 15 is 0 Å². The molecule has 3 rings (SSSR count). The number of carbonyl (C=O) groups excluding carboxylic acids is 2. The molecule has 0 bridgehead atoms. The molecule has 1 aromatic rings. The quantitative estimate of drug-likeness (QED) is 0.719. The number of allylic oxidation sites excluding steroid dienone is 5. The highest BCUT2D eigenvalue weighted by Gasteiger charge is 2.36. The number of likely N-dealkylation sites (tertiary alicyclic amines) is 1. The second kappa shape index (κ2) is 11.5. The number of amides is 1. The molecule has 9 heteroatoms. The van der Waals surface area contributed by atoms with Crippen molar-refractivity contribution in [2.24, 2.45) is 5.92 Å². The number of hydrogen-bond acceptors (Lipinski definition) is 5. The molecular weight excluding hydrogens is 425 g/mol. The minimum absolute atomic E-state index is 0.0181. The van der Waals surface area contributed by atoms with Crippen molar-refractivity contribution in [3.63, 3.8) is 0 Å². The lowest BCUT2D eigenvalue weighted by molar-refractivity contribution is -0.148. The fraction of sp³-hybridized carbons (Fsp3) is 0.391. The molecule has 32 heavy (non-hydrogen) atoms. The van der Waals surface area contributed by atoms with Crippen LogP contribution in [-0.4, -0.2) is 66.6 Å². The first-order chi connectivity index (χ1) is 15.3. The largest absolute Gasteiger partial charge is 0.484 e. The summed E-state index contributed by atoms with van der Waals surface area (Å²) in [6, 6.07) is 6.88. The molecule has 1 N–H and O–H groups in total. The molecule has 1 aromatic carbocycles. The standard InChI is InChI=1S/C22H25F3N2O3.CH2O/c1-26(18-4-2-3-17(7-8-18)22(23,24)25)19-11-12-27(13-19)21(29)15-30-20-9-5-16(14-28)6-10-20;1-2/h2-10,17,19,28H,11-15H2,1H3;1H2. The van der Waals surface area contributed by atoms with Crippen LogP contribution in [0.2, 0.25) is 0 Å². The van der Waals surface area contributed by atoms with Crippen LogP contribution in [-0.2, 0) is 16.2 Å². The van der Waals surface area contributed by atoms with E-state index in [-0.39, 0.29) is 25.2 Å². The summed E-state index contributed by atoms with van der Waals surface area (Å²) in [7, 11) is 1.83. The van der Waals surface area contributed by atoms with Crippen LogP contribution in [0.4, 0.5) is 13.2 Å². The molecule has 2 aliphatic rings. The molecule has 1 saturated heterocycles. The van der Waals surface area contributed by atoms with Gasteiger partial charge in [0.2, 0.25) is 0 Å². The summed E-state index contributed by atoms with van der Waals surface area (Å²) in [5, 5.41) is 9.05. The molecule has 0 saturated carbocycles. The van der Waals surface area contributed by atoms with Crippen LogP contribution < -0.4 is 4.74 Å². The van der Waals surface area contributed by atoms with Crippen LogP contribution >= 0.6 is 0 Å². The molecule has 174 valence electrons. The monoisotopic (exact) mass is 452 g/mol. The van der Waals surface area contributed by atoms with Gasteiger partial charge < -0.3 is 24.4 Å². The number of likely N-dealkylation sites (N-methyl/N-ethyl adjacent to an activating group) is 1. The zero-order valence-electron chi connectivity index (χ0n) is 17.8. The van der Waals surface area contributed by atoms with Crippen molar-refractivity contribution in [1.29, 1.82) is 0 Å². The van der Waals surface area contributed by atoms with Gasteiger partial charge in [-0.2, -0.15) is 13.2 Å². The van der Waals surface area contributed by atoms with Crippen molar-refractivity contribution in [3.05, 3.63) is 65.9 Å². The molecular formula is C23H27F3N2O4. The van der Waals surface area contributed by atoms with Gasteiger partial charge in [-0.25, -0.2) is 0 Å². The number of hydrogen-bond donors (Lipinski definition) is 1. The summed E-state index contributed by atoms with van der Waals surface area (Å²) in [6.07, 6.45) is 3.28. The average Bonchev–Trinajstić information content (AvgIpc) is 3.15. The van der Waals surface area contributed by atoms with Crippen molar-refractivity contribution in [3.8, 4) is 5.75 Å². The Kier molecular flexibility index (Phi) is 9.07. The van der Waals surface area contributed by atoms with Crippen LogP contribution in [0.1, 0.15) is 12.0 Å². The zero-order chi connectivity index (χ0) is 23.7. The number of aliphatic hydroxyl groups excluding tert-OH is 1. The predicted molar refractivity (Wildman–Crippen MR) is 114 cm³/mol. The lowest BCUT2D eigenvalue weighted by atomic mass is 10.1. The molecule has 0 aromatic heterocycles. The zero-order valence-corrected chi connectivity index (χ0v) is 17.8. The van der Waals surface area contributed by atoms with Gasteiger partial charge >= 0.3 is 6.18 Å². The average molecular weight is 452 g/mol. The van der Waals surface area contributed by atoms with Gasteiger partial charge in [-0.1, -0.05) is 30.4 Å². The van der Waals surface area contributed by atoms with E-state index in [9.17, 15) is 18.0 Å². The maximum absolute atomic E-state index is 12.9. The van der Waals surface area contributed by atoms with E-state index in [1.54, 1.807) is 35.2 Å². The molecule has 6 nitrogen and oxygen atoms in total. The van der Waals surface area contributed by atoms with Gasteiger partial charge in [0.1, 0.15) is 12.5 Å². The van der Waals surface area contributed by atoms with E-state index in [0.717, 1.165) is 24.1 Å². The van der Waals surface area contributed by atoms with Gasteiger partial charge in [0.05, 0.1) is 12.5 Å². The molecule has 1 fully saturated rings. The Hall–Kier alpha value is -3.07. The van der Waals surface area contributed by atoms with Gasteiger partial charge in [0.15, 0.2) is 6.61 Å². The maximum atomic E-state index is 12.9. The third-order valence-electron chi connectivity index (χ3n) is 5.38. The van der Waals surface area contributed by atoms with Gasteiger partial charge in [-0.3, -0.25) is 4.79 Å². The summed E-state index contributed by atoms with van der Waals surface area (Å²) >= 11 is 0. The summed E-state index contributed by atoms with van der Waals surface area (Å²) in [4.78, 5) is 24.1. The van der Waals surface area contributed by atoms with Gasteiger partial charge in [0, 0.05) is 31.9 Å². The van der Waals surface area contributed by atoms with Crippen LogP contribution in [0.15, 0.2) is 60.3 Å². The molecule has 0 radical (unpaired) electrons. The number of ether oxygens (including phenoxy) is 1. The predicted octanol–water partition coefficient (Wildman–Crippen LogP) is 3.09. The van der Waals surface area contributed by atoms with Crippen molar-refractivity contribution in [2.75, 3.05) is 26.7 Å². The Bertz CT molecular complexity index is 850. The highest BCUT2D eigenvalue weighted by Crippen LogP contribution is 2.30. The van der Waals surface area contributed by atoms with Gasteiger partial charge in [-0.15, -0.1) is 0 Å². The highest BCUT2D eigenvalue weighted by molar-refractivity contribution is 5.78. The lowest BCUT2D eigenvalue weighted by Gasteiger charge is -2.27. The third-order valence-corrected chi connectivity index (χ3v) is 5.38. The third kappa shape index (κ3) is 6.71. The normalized spacial score (nSPS) is 20.2. The van der Waals surface area contributed by atoms with Crippen molar-refractivity contribution in [1.82, 2.24) is 9.80 Å². The van der Waals surface area contributed by atoms with Gasteiger partial charge in [-0.05, 0) is 36.3 Å². The molecule has 2 unspecified atom stereocenters. The van der Waals surface area contributed by atoms with E-state index in [1.807, 2.05) is 18.7 Å². The molecule has 2 atom stereocenters. The Balaban J connectivity index is 0.00000176. The minimum Gasteiger partial charge on any atom is -0.484 e. The molecule has 1 heterocycles. The maximum Gasteiger partial charge on any atom is 0.398 e. The van der Waals surface area contributed by atoms with E-state index in [2.05, 4.69) is 0 Å². The van der Waals surface area contributed by atoms with E-state index in [1.165, 1.54) is 12.2 Å². The van der Waals surface area contributed by atoms with E-state index in [4.69, 9.17) is 14.6 Å². The Morgan fingerprint density at radius 2 is 1.94 bits per heavy atom. The summed E-state index contributed by atoms with van der Waals surface area (Å²) in [6.45, 7) is 2.91. The summed E-state index contributed by atoms with van der Waals surface area (Å²) in [5.74, 6) is -1.18. The van der Waals surface area contributed by atoms with E-state index < -0.39 is 12.1 Å². The van der Waals surface area contributed by atoms with E-state index in [0.29, 0.717) is 24.5 Å². The number of nitrogens with zero attached hydrogens (tertiary/aromatic N) is 2. The van der Waals surface area contributed by atoms with Crippen LogP contribution in [0.5, 0.6) is 5.75 Å². The molecule has 1 aliphatic carbocycles. The Labute approximate surface area is 185 Å². The van der Waals surface area contributed by atoms with Crippen LogP contribution in [0, 0.1) is 5.92 Å². The topological polar surface area (TPSA) is 70.1 Å². The first-order valence-electron chi connectivity index (χ1n) is 10.0. The first-order valence-corrected chi connectivity index (χ1v) is 10.0. The smallest absolute Gasteiger partial charge is 0.398 e. The number of rotatable bonds is 6. The van der Waals surface area contributed by atoms with Crippen molar-refractivity contribution >= 4 is 12.7 Å². The number of aliphatic hydroxyl groups is 1. The number of carbonyl (C=O) groups is 2. The van der Waals surface area contributed by atoms with Crippen molar-refractivity contribution < 1.29 is 32.6 Å². The van der Waals surface area contributed by atoms with Gasteiger partial charge in [0.25, 0.3) is 5.91 Å².